The number of carbonyl (C=O) groups excluding carboxylic acids is 2. The first-order chi connectivity index (χ1) is 10.8. The molecule has 23 heavy (non-hydrogen) atoms. The van der Waals surface area contributed by atoms with E-state index in [0.717, 1.165) is 42.1 Å². The molecule has 10 heteroatoms. The fourth-order valence-corrected chi connectivity index (χ4v) is 5.94. The lowest BCUT2D eigenvalue weighted by Crippen LogP contribution is -2.36. The maximum absolute atomic E-state index is 11.6. The van der Waals surface area contributed by atoms with E-state index in [1.54, 1.807) is 0 Å². The molecule has 2 fully saturated rings. The molecule has 0 aromatic heterocycles. The summed E-state index contributed by atoms with van der Waals surface area (Å²) in [6.45, 7) is 0.372. The average molecular weight is 382 g/mol. The molecular weight excluding hydrogens is 358 g/mol. The Morgan fingerprint density at radius 1 is 1.39 bits per heavy atom. The van der Waals surface area contributed by atoms with Crippen LogP contribution in [0.15, 0.2) is 0 Å². The number of amides is 3. The highest BCUT2D eigenvalue weighted by Gasteiger charge is 2.42. The standard InChI is InChI=1S/C13H23N3O4S3/c1-23(19,20)22-7-6-14-11(17)5-3-2-4-10-12-9(8-21-10)15-13(18)16-12/h9-10,12H,2-8H2,1H3,(H,14,17)(H2,15,16,18)/t9-,10-,12-/m0/s1. The Bertz CT molecular complexity index is 541. The van der Waals surface area contributed by atoms with Gasteiger partial charge in [-0.2, -0.15) is 11.8 Å². The number of hydrogen-bond donors (Lipinski definition) is 3. The van der Waals surface area contributed by atoms with Crippen LogP contribution in [0.1, 0.15) is 25.7 Å². The minimum absolute atomic E-state index is 0.0353. The van der Waals surface area contributed by atoms with E-state index in [-0.39, 0.29) is 24.0 Å². The largest absolute Gasteiger partial charge is 0.355 e. The first-order valence-electron chi connectivity index (χ1n) is 7.65. The van der Waals surface area contributed by atoms with Crippen molar-refractivity contribution < 1.29 is 18.0 Å². The Hall–Kier alpha value is -0.610. The monoisotopic (exact) mass is 381 g/mol. The molecule has 0 aromatic carbocycles. The van der Waals surface area contributed by atoms with Crippen LogP contribution in [-0.4, -0.2) is 62.0 Å². The highest BCUT2D eigenvalue weighted by atomic mass is 33.1. The molecule has 2 rings (SSSR count). The van der Waals surface area contributed by atoms with E-state index in [1.807, 2.05) is 11.8 Å². The minimum atomic E-state index is -3.04. The summed E-state index contributed by atoms with van der Waals surface area (Å²) in [5.74, 6) is 1.29. The molecule has 2 aliphatic heterocycles. The molecule has 3 amide bonds. The smallest absolute Gasteiger partial charge is 0.315 e. The summed E-state index contributed by atoms with van der Waals surface area (Å²) in [4.78, 5) is 22.9. The van der Waals surface area contributed by atoms with Crippen LogP contribution in [0.5, 0.6) is 0 Å². The zero-order chi connectivity index (χ0) is 16.9. The van der Waals surface area contributed by atoms with Gasteiger partial charge in [0.1, 0.15) is 0 Å². The van der Waals surface area contributed by atoms with Gasteiger partial charge in [-0.1, -0.05) is 6.42 Å². The van der Waals surface area contributed by atoms with Gasteiger partial charge in [-0.25, -0.2) is 13.2 Å². The van der Waals surface area contributed by atoms with E-state index < -0.39 is 8.87 Å². The zero-order valence-electron chi connectivity index (χ0n) is 13.0. The second kappa shape index (κ2) is 8.48. The molecule has 3 N–H and O–H groups in total. The van der Waals surface area contributed by atoms with Crippen molar-refractivity contribution in [3.63, 3.8) is 0 Å². The molecule has 0 bridgehead atoms. The summed E-state index contributed by atoms with van der Waals surface area (Å²) < 4.78 is 21.9. The number of unbranched alkanes of at least 4 members (excludes halogenated alkanes) is 1. The molecule has 0 aromatic rings. The van der Waals surface area contributed by atoms with Crippen LogP contribution in [0.25, 0.3) is 0 Å². The van der Waals surface area contributed by atoms with E-state index in [1.165, 1.54) is 0 Å². The number of hydrogen-bond acceptors (Lipinski definition) is 6. The quantitative estimate of drug-likeness (QED) is 0.306. The molecule has 0 spiro atoms. The van der Waals surface area contributed by atoms with E-state index in [4.69, 9.17) is 0 Å². The third kappa shape index (κ3) is 6.42. The average Bonchev–Trinajstić information content (AvgIpc) is 2.98. The van der Waals surface area contributed by atoms with E-state index in [9.17, 15) is 18.0 Å². The van der Waals surface area contributed by atoms with Crippen molar-refractivity contribution in [2.45, 2.75) is 43.0 Å². The van der Waals surface area contributed by atoms with Crippen molar-refractivity contribution in [1.29, 1.82) is 0 Å². The van der Waals surface area contributed by atoms with Gasteiger partial charge < -0.3 is 16.0 Å². The first-order valence-corrected chi connectivity index (χ1v) is 12.1. The minimum Gasteiger partial charge on any atom is -0.355 e. The number of carbonyl (C=O) groups is 2. The fraction of sp³-hybridized carbons (Fsp3) is 0.846. The summed E-state index contributed by atoms with van der Waals surface area (Å²) in [7, 11) is -2.19. The number of thioether (sulfide) groups is 1. The highest BCUT2D eigenvalue weighted by Crippen LogP contribution is 2.33. The van der Waals surface area contributed by atoms with Crippen molar-refractivity contribution in [1.82, 2.24) is 16.0 Å². The van der Waals surface area contributed by atoms with Crippen LogP contribution in [0.4, 0.5) is 4.79 Å². The van der Waals surface area contributed by atoms with Gasteiger partial charge in [-0.05, 0) is 23.6 Å². The van der Waals surface area contributed by atoms with Gasteiger partial charge >= 0.3 is 6.03 Å². The molecular formula is C13H23N3O4S3. The third-order valence-corrected chi connectivity index (χ3v) is 7.89. The fourth-order valence-electron chi connectivity index (χ4n) is 2.75. The molecule has 2 aliphatic rings. The van der Waals surface area contributed by atoms with Gasteiger partial charge in [-0.3, -0.25) is 4.79 Å². The SMILES string of the molecule is CS(=O)(=O)SCCNC(=O)CCCC[C@@H]1SC[C@@H]2NC(=O)N[C@@H]21. The topological polar surface area (TPSA) is 104 Å². The van der Waals surface area contributed by atoms with Crippen LogP contribution in [0.3, 0.4) is 0 Å². The summed E-state index contributed by atoms with van der Waals surface area (Å²) in [6, 6.07) is 0.388. The van der Waals surface area contributed by atoms with E-state index in [2.05, 4.69) is 16.0 Å². The van der Waals surface area contributed by atoms with E-state index in [0.29, 0.717) is 24.0 Å². The second-order valence-corrected chi connectivity index (χ2v) is 11.6. The predicted octanol–water partition coefficient (Wildman–Crippen LogP) is 0.521. The van der Waals surface area contributed by atoms with Crippen molar-refractivity contribution in [2.24, 2.45) is 0 Å². The van der Waals surface area contributed by atoms with Crippen molar-refractivity contribution >= 4 is 43.4 Å². The normalized spacial score (nSPS) is 26.5. The van der Waals surface area contributed by atoms with E-state index >= 15 is 0 Å². The zero-order valence-corrected chi connectivity index (χ0v) is 15.5. The molecule has 0 aliphatic carbocycles. The highest BCUT2D eigenvalue weighted by molar-refractivity contribution is 8.71. The summed E-state index contributed by atoms with van der Waals surface area (Å²) in [5, 5.41) is 9.03. The Morgan fingerprint density at radius 2 is 2.17 bits per heavy atom. The van der Waals surface area contributed by atoms with Gasteiger partial charge in [-0.15, -0.1) is 0 Å². The van der Waals surface area contributed by atoms with Gasteiger partial charge in [0, 0.05) is 36.0 Å². The predicted molar refractivity (Wildman–Crippen MR) is 94.3 cm³/mol. The van der Waals surface area contributed by atoms with Crippen LogP contribution in [-0.2, 0) is 13.7 Å². The maximum atomic E-state index is 11.6. The molecule has 0 saturated carbocycles. The molecule has 0 unspecified atom stereocenters. The Morgan fingerprint density at radius 3 is 2.91 bits per heavy atom. The lowest BCUT2D eigenvalue weighted by molar-refractivity contribution is -0.121. The van der Waals surface area contributed by atoms with Gasteiger partial charge in [0.25, 0.3) is 0 Å². The Balaban J connectivity index is 1.52. The second-order valence-electron chi connectivity index (χ2n) is 5.74. The van der Waals surface area contributed by atoms with Gasteiger partial charge in [0.2, 0.25) is 5.91 Å². The Labute approximate surface area is 144 Å². The third-order valence-electron chi connectivity index (χ3n) is 3.80. The summed E-state index contributed by atoms with van der Waals surface area (Å²) >= 11 is 1.88. The Kier molecular flexibility index (Phi) is 6.90. The maximum Gasteiger partial charge on any atom is 0.315 e. The molecule has 3 atom stereocenters. The number of rotatable bonds is 9. The molecule has 2 heterocycles. The van der Waals surface area contributed by atoms with Crippen molar-refractivity contribution in [3.05, 3.63) is 0 Å². The van der Waals surface area contributed by atoms with Crippen molar-refractivity contribution in [3.8, 4) is 0 Å². The molecule has 7 nitrogen and oxygen atoms in total. The number of fused-ring (bicyclic) bond motifs is 1. The van der Waals surface area contributed by atoms with Crippen LogP contribution < -0.4 is 16.0 Å². The van der Waals surface area contributed by atoms with Gasteiger partial charge in [0.05, 0.1) is 12.1 Å². The van der Waals surface area contributed by atoms with Gasteiger partial charge in [0.15, 0.2) is 8.87 Å². The summed E-state index contributed by atoms with van der Waals surface area (Å²) in [5.41, 5.74) is 0. The van der Waals surface area contributed by atoms with Crippen LogP contribution >= 0.6 is 22.6 Å². The number of urea groups is 1. The molecule has 2 saturated heterocycles. The van der Waals surface area contributed by atoms with Crippen LogP contribution in [0.2, 0.25) is 0 Å². The molecule has 132 valence electrons. The lowest BCUT2D eigenvalue weighted by Gasteiger charge is -2.16. The number of nitrogens with one attached hydrogen (secondary N) is 3. The van der Waals surface area contributed by atoms with Crippen LogP contribution in [0, 0.1) is 0 Å². The summed E-state index contributed by atoms with van der Waals surface area (Å²) in [6.07, 6.45) is 4.36. The molecule has 0 radical (unpaired) electrons. The lowest BCUT2D eigenvalue weighted by atomic mass is 10.0. The van der Waals surface area contributed by atoms with Crippen molar-refractivity contribution in [2.75, 3.05) is 24.3 Å². The first kappa shape index (κ1) is 18.7.